The van der Waals surface area contributed by atoms with Crippen LogP contribution in [-0.4, -0.2) is 88.1 Å². The molecule has 0 bridgehead atoms. The largest absolute Gasteiger partial charge is 0.460 e. The molecule has 4 unspecified atom stereocenters. The fraction of sp³-hybridized carbons (Fsp3) is 0.880. The van der Waals surface area contributed by atoms with Crippen molar-refractivity contribution < 1.29 is 82.5 Å². The van der Waals surface area contributed by atoms with Gasteiger partial charge in [0.1, 0.15) is 26.7 Å². The topological polar surface area (TPSA) is 132 Å². The number of hydrogen-bond acceptors (Lipinski definition) is 8. The number of aliphatic hydroxyl groups excluding tert-OH is 1. The first-order chi connectivity index (χ1) is 17.2. The summed E-state index contributed by atoms with van der Waals surface area (Å²) in [6.45, 7) is 7.76. The van der Waals surface area contributed by atoms with Crippen LogP contribution in [0.25, 0.3) is 0 Å². The third-order valence-electron chi connectivity index (χ3n) is 5.72. The second-order valence-corrected chi connectivity index (χ2v) is 9.59. The Morgan fingerprint density at radius 2 is 1.73 bits per heavy atom. The summed E-state index contributed by atoms with van der Waals surface area (Å²) in [5.74, 6) is -0.0604. The van der Waals surface area contributed by atoms with Crippen LogP contribution in [0, 0.1) is 50.0 Å². The molecule has 0 aromatic heterocycles. The van der Waals surface area contributed by atoms with Crippen LogP contribution in [0.15, 0.2) is 0 Å². The maximum Gasteiger partial charge on any atom is 0.407 e. The Hall–Kier alpha value is -0.404. The molecule has 3 radical (unpaired) electrons. The Morgan fingerprint density at radius 1 is 1.05 bits per heavy atom. The van der Waals surface area contributed by atoms with E-state index in [1.807, 2.05) is 6.92 Å². The number of unbranched alkanes of at least 4 members (excludes halogenated alkanes) is 3. The fourth-order valence-electron chi connectivity index (χ4n) is 3.59. The molecule has 0 spiro atoms. The van der Waals surface area contributed by atoms with E-state index in [-0.39, 0.29) is 88.2 Å². The van der Waals surface area contributed by atoms with Crippen LogP contribution < -0.4 is 10.6 Å². The molecule has 1 fully saturated rings. The number of ether oxygens (including phenoxy) is 4. The first kappa shape index (κ1) is 36.6. The molecule has 3 N–H and O–H groups in total. The van der Waals surface area contributed by atoms with Gasteiger partial charge in [-0.1, -0.05) is 33.6 Å². The van der Waals surface area contributed by atoms with Gasteiger partial charge in [-0.25, -0.2) is 4.79 Å². The molecule has 1 heterocycles. The molecule has 1 aliphatic rings. The Labute approximate surface area is 259 Å². The van der Waals surface area contributed by atoms with Gasteiger partial charge in [0.15, 0.2) is 0 Å². The maximum atomic E-state index is 12.0. The monoisotopic (exact) mass is 739 g/mol. The summed E-state index contributed by atoms with van der Waals surface area (Å²) in [5, 5.41) is 15.2. The van der Waals surface area contributed by atoms with E-state index in [9.17, 15) is 19.5 Å². The number of alkyl carbamates (subject to hydrolysis) is 1. The average Bonchev–Trinajstić information content (AvgIpc) is 3.19. The molecule has 0 aromatic carbocycles. The Bertz CT molecular complexity index is 644. The van der Waals surface area contributed by atoms with E-state index in [2.05, 4.69) is 24.5 Å². The predicted molar refractivity (Wildman–Crippen MR) is 136 cm³/mol. The summed E-state index contributed by atoms with van der Waals surface area (Å²) < 4.78 is 21.2. The van der Waals surface area contributed by atoms with E-state index in [0.29, 0.717) is 38.5 Å². The predicted octanol–water partition coefficient (Wildman–Crippen LogP) is 2.20. The maximum absolute atomic E-state index is 12.0. The summed E-state index contributed by atoms with van der Waals surface area (Å²) in [7, 11) is 5.74. The number of amides is 2. The second-order valence-electron chi connectivity index (χ2n) is 9.59. The van der Waals surface area contributed by atoms with Gasteiger partial charge in [0.2, 0.25) is 5.91 Å². The molecule has 0 aliphatic carbocycles. The second kappa shape index (κ2) is 22.4. The quantitative estimate of drug-likeness (QED) is 0.105. The third-order valence-corrected chi connectivity index (χ3v) is 5.72. The van der Waals surface area contributed by atoms with Crippen molar-refractivity contribution in [2.45, 2.75) is 103 Å². The minimum Gasteiger partial charge on any atom is -0.460 e. The Balaban J connectivity index is 0.0000130. The van der Waals surface area contributed by atoms with Gasteiger partial charge in [0, 0.05) is 82.6 Å². The van der Waals surface area contributed by atoms with Gasteiger partial charge < -0.3 is 34.7 Å². The third kappa shape index (κ3) is 19.3. The standard InChI is InChI=1S/C25H45BN2O8.Ac/c1-4-20-21(15-22(26)35-20)36-24(31)10-9-23(30)27-12-7-5-6-8-13-28-25(32)34-17-19(29)16-33-14-11-18(2)3;/h18-22,29H,4-17H2,1-3H3,(H,27,30)(H,28,32);. The van der Waals surface area contributed by atoms with Crippen LogP contribution in [0.5, 0.6) is 0 Å². The average molecular weight is 739 g/mol. The normalized spacial score (nSPS) is 19.6. The molecular weight excluding hydrogens is 694 g/mol. The number of aliphatic hydroxyl groups is 1. The molecule has 37 heavy (non-hydrogen) atoms. The summed E-state index contributed by atoms with van der Waals surface area (Å²) in [6.07, 6.45) is 3.66. The number of rotatable bonds is 19. The number of carbonyl (C=O) groups is 3. The van der Waals surface area contributed by atoms with Crippen molar-refractivity contribution >= 4 is 25.8 Å². The molecule has 1 rings (SSSR count). The molecule has 4 atom stereocenters. The van der Waals surface area contributed by atoms with E-state index in [0.717, 1.165) is 32.1 Å². The van der Waals surface area contributed by atoms with Gasteiger partial charge in [0.25, 0.3) is 0 Å². The van der Waals surface area contributed by atoms with Gasteiger partial charge in [-0.2, -0.15) is 0 Å². The molecule has 0 aromatic rings. The number of hydrogen-bond donors (Lipinski definition) is 3. The molecule has 10 nitrogen and oxygen atoms in total. The molecular formula is C25H45AcBN2O8. The SMILES string of the molecule is [Ac].[B]C1CC(OC(=O)CCC(=O)NCCCCCCNC(=O)OCC(O)COCCC(C)C)C(CC)O1. The summed E-state index contributed by atoms with van der Waals surface area (Å²) >= 11 is 0. The fourth-order valence-corrected chi connectivity index (χ4v) is 3.59. The van der Waals surface area contributed by atoms with E-state index < -0.39 is 24.2 Å². The van der Waals surface area contributed by atoms with Crippen molar-refractivity contribution in [2.24, 2.45) is 5.92 Å². The zero-order valence-corrected chi connectivity index (χ0v) is 27.5. The van der Waals surface area contributed by atoms with Gasteiger partial charge in [-0.3, -0.25) is 9.59 Å². The van der Waals surface area contributed by atoms with E-state index in [4.69, 9.17) is 26.8 Å². The van der Waals surface area contributed by atoms with Crippen molar-refractivity contribution in [3.05, 3.63) is 0 Å². The van der Waals surface area contributed by atoms with Gasteiger partial charge in [0.05, 0.1) is 19.1 Å². The Morgan fingerprint density at radius 3 is 2.38 bits per heavy atom. The zero-order valence-electron chi connectivity index (χ0n) is 22.7. The first-order valence-corrected chi connectivity index (χ1v) is 13.2. The molecule has 0 saturated carbocycles. The molecule has 1 aliphatic heterocycles. The smallest absolute Gasteiger partial charge is 0.407 e. The minimum absolute atomic E-state index is 0. The molecule has 1 saturated heterocycles. The first-order valence-electron chi connectivity index (χ1n) is 13.2. The summed E-state index contributed by atoms with van der Waals surface area (Å²) in [5.41, 5.74) is 0. The van der Waals surface area contributed by atoms with Crippen molar-refractivity contribution in [1.82, 2.24) is 10.6 Å². The van der Waals surface area contributed by atoms with Crippen LogP contribution in [0.1, 0.15) is 78.6 Å². The minimum atomic E-state index is -0.835. The van der Waals surface area contributed by atoms with Crippen molar-refractivity contribution in [3.63, 3.8) is 0 Å². The summed E-state index contributed by atoms with van der Waals surface area (Å²) in [4.78, 5) is 35.6. The molecule has 2 amide bonds. The van der Waals surface area contributed by atoms with E-state index in [1.54, 1.807) is 0 Å². The zero-order chi connectivity index (χ0) is 26.8. The van der Waals surface area contributed by atoms with Crippen LogP contribution in [0.2, 0.25) is 0 Å². The van der Waals surface area contributed by atoms with Crippen LogP contribution in [0.4, 0.5) is 4.79 Å². The number of carbonyl (C=O) groups excluding carboxylic acids is 3. The van der Waals surface area contributed by atoms with Gasteiger partial charge in [-0.05, 0) is 31.6 Å². The number of nitrogens with one attached hydrogen (secondary N) is 2. The van der Waals surface area contributed by atoms with Gasteiger partial charge in [-0.15, -0.1) is 0 Å². The van der Waals surface area contributed by atoms with Crippen molar-refractivity contribution in [3.8, 4) is 0 Å². The van der Waals surface area contributed by atoms with Crippen molar-refractivity contribution in [2.75, 3.05) is 32.9 Å². The van der Waals surface area contributed by atoms with Crippen LogP contribution >= 0.6 is 0 Å². The van der Waals surface area contributed by atoms with E-state index >= 15 is 0 Å². The van der Waals surface area contributed by atoms with E-state index in [1.165, 1.54) is 0 Å². The molecule has 209 valence electrons. The van der Waals surface area contributed by atoms with Crippen LogP contribution in [-0.2, 0) is 28.5 Å². The van der Waals surface area contributed by atoms with Crippen molar-refractivity contribution in [1.29, 1.82) is 0 Å². The summed E-state index contributed by atoms with van der Waals surface area (Å²) in [6, 6.07) is -0.413. The molecule has 12 heteroatoms. The number of esters is 1. The van der Waals surface area contributed by atoms with Crippen LogP contribution in [0.3, 0.4) is 0 Å². The Kier molecular flexibility index (Phi) is 22.2. The van der Waals surface area contributed by atoms with Gasteiger partial charge >= 0.3 is 12.1 Å².